The van der Waals surface area contributed by atoms with Crippen LogP contribution in [0.1, 0.15) is 30.5 Å². The van der Waals surface area contributed by atoms with E-state index in [0.717, 1.165) is 22.5 Å². The normalized spacial score (nSPS) is 18.5. The number of benzene rings is 3. The van der Waals surface area contributed by atoms with Gasteiger partial charge in [0.05, 0.1) is 46.6 Å². The van der Waals surface area contributed by atoms with E-state index in [0.29, 0.717) is 42.5 Å². The van der Waals surface area contributed by atoms with Gasteiger partial charge in [0.15, 0.2) is 0 Å². The van der Waals surface area contributed by atoms with Crippen LogP contribution >= 0.6 is 11.6 Å². The molecule has 1 fully saturated rings. The number of sulfonamides is 1. The van der Waals surface area contributed by atoms with Crippen LogP contribution in [-0.2, 0) is 25.7 Å². The average molecular weight is 652 g/mol. The fraction of sp³-hybridized carbons (Fsp3) is 0.323. The van der Waals surface area contributed by atoms with E-state index < -0.39 is 50.5 Å². The number of methoxy groups -OCH3 is 1. The topological polar surface area (TPSA) is 70.2 Å². The van der Waals surface area contributed by atoms with Gasteiger partial charge in [0.1, 0.15) is 11.9 Å². The van der Waals surface area contributed by atoms with Gasteiger partial charge >= 0.3 is 12.1 Å². The van der Waals surface area contributed by atoms with E-state index in [9.17, 15) is 30.8 Å². The molecule has 0 bridgehead atoms. The van der Waals surface area contributed by atoms with Crippen molar-refractivity contribution in [1.82, 2.24) is 4.90 Å². The van der Waals surface area contributed by atoms with Crippen molar-refractivity contribution < 1.29 is 35.5 Å². The molecule has 234 valence electrons. The molecule has 2 aliphatic rings. The van der Waals surface area contributed by atoms with E-state index in [-0.39, 0.29) is 22.8 Å². The minimum atomic E-state index is -4.74. The third kappa shape index (κ3) is 6.02. The molecule has 0 unspecified atom stereocenters. The highest BCUT2D eigenvalue weighted by molar-refractivity contribution is 7.92. The minimum Gasteiger partial charge on any atom is -0.468 e. The number of alkyl halides is 3. The second-order valence-corrected chi connectivity index (χ2v) is 13.0. The Hall–Kier alpha value is -3.61. The lowest BCUT2D eigenvalue weighted by molar-refractivity contribution is -0.146. The number of ether oxygens (including phenoxy) is 1. The summed E-state index contributed by atoms with van der Waals surface area (Å²) in [4.78, 5) is 15.7. The molecular formula is C31H30ClF4N3O4S. The van der Waals surface area contributed by atoms with Crippen LogP contribution in [0.3, 0.4) is 0 Å². The first-order chi connectivity index (χ1) is 20.7. The van der Waals surface area contributed by atoms with Crippen LogP contribution in [0.5, 0.6) is 0 Å². The molecule has 0 aromatic heterocycles. The number of halogens is 5. The molecule has 3 aromatic rings. The maximum absolute atomic E-state index is 14.6. The summed E-state index contributed by atoms with van der Waals surface area (Å²) < 4.78 is 89.4. The van der Waals surface area contributed by atoms with E-state index in [4.69, 9.17) is 16.3 Å². The maximum atomic E-state index is 14.6. The second kappa shape index (κ2) is 12.1. The number of carbonyl (C=O) groups is 1. The van der Waals surface area contributed by atoms with Gasteiger partial charge in [0.25, 0.3) is 10.0 Å². The predicted octanol–water partition coefficient (Wildman–Crippen LogP) is 6.32. The minimum absolute atomic E-state index is 0.0821. The van der Waals surface area contributed by atoms with Crippen LogP contribution in [0.15, 0.2) is 65.6 Å². The summed E-state index contributed by atoms with van der Waals surface area (Å²) in [6, 6.07) is 12.1. The number of hydrogen-bond donors (Lipinski definition) is 0. The highest BCUT2D eigenvalue weighted by atomic mass is 35.5. The molecular weight excluding hydrogens is 622 g/mol. The number of piperazine rings is 1. The molecule has 0 aliphatic carbocycles. The standard InChI is InChI=1S/C31H30ClF4N3O4S/c1-19(29-25(32)8-5-9-26(29)33)14-21-10-11-27-28(15-21)39(44(41,42)24-7-4-6-22(16-24)31(34,35)36)18-23-17-37(12-13-38(23)27)20(2)30(40)43-3/h4-11,14-16,20,23H,12-13,17-18H2,1-3H3/b19-14+/t20-,23+/m1/s1. The fourth-order valence-electron chi connectivity index (χ4n) is 5.77. The number of fused-ring (bicyclic) bond motifs is 3. The van der Waals surface area contributed by atoms with Gasteiger partial charge in [-0.1, -0.05) is 35.9 Å². The summed E-state index contributed by atoms with van der Waals surface area (Å²) in [7, 11) is -3.19. The van der Waals surface area contributed by atoms with Gasteiger partial charge in [-0.2, -0.15) is 13.2 Å². The van der Waals surface area contributed by atoms with Crippen molar-refractivity contribution in [3.63, 3.8) is 0 Å². The van der Waals surface area contributed by atoms with Gasteiger partial charge in [-0.15, -0.1) is 0 Å². The molecule has 2 atom stereocenters. The van der Waals surface area contributed by atoms with Gasteiger partial charge in [-0.05, 0) is 67.4 Å². The lowest BCUT2D eigenvalue weighted by Crippen LogP contribution is -2.62. The number of nitrogens with zero attached hydrogens (tertiary/aromatic N) is 3. The van der Waals surface area contributed by atoms with Gasteiger partial charge in [-0.25, -0.2) is 12.8 Å². The fourth-order valence-corrected chi connectivity index (χ4v) is 7.64. The molecule has 13 heteroatoms. The number of rotatable bonds is 6. The van der Waals surface area contributed by atoms with Crippen LogP contribution in [0.4, 0.5) is 28.9 Å². The van der Waals surface area contributed by atoms with E-state index in [1.165, 1.54) is 19.2 Å². The monoisotopic (exact) mass is 651 g/mol. The summed E-state index contributed by atoms with van der Waals surface area (Å²) in [6.45, 7) is 4.59. The molecule has 0 amide bonds. The van der Waals surface area contributed by atoms with Crippen molar-refractivity contribution in [2.24, 2.45) is 0 Å². The third-order valence-electron chi connectivity index (χ3n) is 8.05. The first-order valence-electron chi connectivity index (χ1n) is 13.8. The number of allylic oxidation sites excluding steroid dienone is 1. The van der Waals surface area contributed by atoms with Gasteiger partial charge in [0.2, 0.25) is 0 Å². The molecule has 1 saturated heterocycles. The van der Waals surface area contributed by atoms with Crippen molar-refractivity contribution in [3.8, 4) is 0 Å². The number of carbonyl (C=O) groups excluding carboxylic acids is 1. The van der Waals surface area contributed by atoms with E-state index in [2.05, 4.69) is 0 Å². The molecule has 2 heterocycles. The number of esters is 1. The van der Waals surface area contributed by atoms with Gasteiger partial charge < -0.3 is 9.64 Å². The molecule has 0 N–H and O–H groups in total. The van der Waals surface area contributed by atoms with E-state index in [1.807, 2.05) is 9.80 Å². The molecule has 0 radical (unpaired) electrons. The zero-order valence-corrected chi connectivity index (χ0v) is 25.7. The van der Waals surface area contributed by atoms with Gasteiger partial charge in [-0.3, -0.25) is 14.0 Å². The summed E-state index contributed by atoms with van der Waals surface area (Å²) in [6.07, 6.45) is -3.07. The first-order valence-corrected chi connectivity index (χ1v) is 15.6. The zero-order valence-electron chi connectivity index (χ0n) is 24.1. The zero-order chi connectivity index (χ0) is 32.0. The van der Waals surface area contributed by atoms with Crippen molar-refractivity contribution in [1.29, 1.82) is 0 Å². The smallest absolute Gasteiger partial charge is 0.416 e. The molecule has 3 aromatic carbocycles. The lowest BCUT2D eigenvalue weighted by atomic mass is 10.0. The lowest BCUT2D eigenvalue weighted by Gasteiger charge is -2.49. The second-order valence-electron chi connectivity index (χ2n) is 10.8. The van der Waals surface area contributed by atoms with Crippen LogP contribution in [0.25, 0.3) is 11.6 Å². The molecule has 0 spiro atoms. The van der Waals surface area contributed by atoms with Gasteiger partial charge in [0, 0.05) is 25.2 Å². The average Bonchev–Trinajstić information content (AvgIpc) is 2.99. The van der Waals surface area contributed by atoms with E-state index >= 15 is 0 Å². The predicted molar refractivity (Wildman–Crippen MR) is 162 cm³/mol. The SMILES string of the molecule is COC(=O)[C@@H](C)N1CCN2c3ccc(/C=C(\C)c4c(F)cccc4Cl)cc3N(S(=O)(=O)c3cccc(C(F)(F)F)c3)C[C@@H]2C1. The van der Waals surface area contributed by atoms with Crippen LogP contribution in [0.2, 0.25) is 5.02 Å². The summed E-state index contributed by atoms with van der Waals surface area (Å²) in [5, 5.41) is 0.215. The Balaban J connectivity index is 1.60. The highest BCUT2D eigenvalue weighted by Gasteiger charge is 2.42. The molecule has 44 heavy (non-hydrogen) atoms. The Kier molecular flexibility index (Phi) is 8.71. The largest absolute Gasteiger partial charge is 0.468 e. The van der Waals surface area contributed by atoms with Crippen LogP contribution in [0, 0.1) is 5.82 Å². The molecule has 7 nitrogen and oxygen atoms in total. The Morgan fingerprint density at radius 3 is 2.45 bits per heavy atom. The first kappa shape index (κ1) is 31.8. The van der Waals surface area contributed by atoms with Crippen molar-refractivity contribution in [2.45, 2.75) is 37.0 Å². The third-order valence-corrected chi connectivity index (χ3v) is 10.1. The summed E-state index contributed by atoms with van der Waals surface area (Å²) in [5.41, 5.74) is 1.01. The van der Waals surface area contributed by atoms with Crippen LogP contribution in [-0.4, -0.2) is 64.7 Å². The van der Waals surface area contributed by atoms with Crippen molar-refractivity contribution in [2.75, 3.05) is 42.5 Å². The quantitative estimate of drug-likeness (QED) is 0.177. The summed E-state index contributed by atoms with van der Waals surface area (Å²) >= 11 is 6.25. The van der Waals surface area contributed by atoms with Crippen molar-refractivity contribution in [3.05, 3.63) is 88.2 Å². The molecule has 0 saturated carbocycles. The summed E-state index contributed by atoms with van der Waals surface area (Å²) in [5.74, 6) is -0.940. The Morgan fingerprint density at radius 1 is 1.05 bits per heavy atom. The number of anilines is 2. The Bertz CT molecular complexity index is 1710. The Morgan fingerprint density at radius 2 is 1.77 bits per heavy atom. The molecule has 5 rings (SSSR count). The van der Waals surface area contributed by atoms with Crippen LogP contribution < -0.4 is 9.21 Å². The van der Waals surface area contributed by atoms with E-state index in [1.54, 1.807) is 44.2 Å². The maximum Gasteiger partial charge on any atom is 0.416 e. The Labute approximate surface area is 258 Å². The molecule has 2 aliphatic heterocycles. The van der Waals surface area contributed by atoms with Crippen molar-refractivity contribution >= 4 is 50.6 Å². The highest BCUT2D eigenvalue weighted by Crippen LogP contribution is 2.42. The number of hydrogen-bond acceptors (Lipinski definition) is 6.